The summed E-state index contributed by atoms with van der Waals surface area (Å²) < 4.78 is 14.4. The zero-order chi connectivity index (χ0) is 19.5. The molecule has 4 aromatic rings. The molecule has 0 bridgehead atoms. The summed E-state index contributed by atoms with van der Waals surface area (Å²) in [5, 5.41) is 16.0. The van der Waals surface area contributed by atoms with E-state index in [1.807, 2.05) is 24.3 Å². The highest BCUT2D eigenvalue weighted by atomic mass is 32.1. The molecule has 0 unspecified atom stereocenters. The molecule has 5 heteroatoms. The highest BCUT2D eigenvalue weighted by Gasteiger charge is 2.12. The Bertz CT molecular complexity index is 1140. The lowest BCUT2D eigenvalue weighted by atomic mass is 10.0. The average Bonchev–Trinajstić information content (AvgIpc) is 3.11. The van der Waals surface area contributed by atoms with Gasteiger partial charge in [0, 0.05) is 10.4 Å². The van der Waals surface area contributed by atoms with Crippen molar-refractivity contribution < 1.29 is 14.3 Å². The number of halogens is 1. The lowest BCUT2D eigenvalue weighted by molar-refractivity contribution is 0.0698. The number of nitrogens with one attached hydrogen (secondary N) is 1. The van der Waals surface area contributed by atoms with Gasteiger partial charge in [-0.15, -0.1) is 11.3 Å². The highest BCUT2D eigenvalue weighted by molar-refractivity contribution is 7.17. The molecule has 0 aliphatic carbocycles. The predicted octanol–water partition coefficient (Wildman–Crippen LogP) is 6.27. The first-order valence-corrected chi connectivity index (χ1v) is 9.82. The van der Waals surface area contributed by atoms with Crippen LogP contribution in [0.15, 0.2) is 72.1 Å². The second-order valence-electron chi connectivity index (χ2n) is 6.57. The first-order valence-electron chi connectivity index (χ1n) is 8.94. The maximum atomic E-state index is 13.1. The number of carboxylic acid groups (broad SMARTS) is 1. The number of carboxylic acids is 1. The fraction of sp³-hybridized carbons (Fsp3) is 0.0870. The first-order chi connectivity index (χ1) is 13.6. The van der Waals surface area contributed by atoms with Gasteiger partial charge in [-0.3, -0.25) is 0 Å². The Balaban J connectivity index is 1.57. The minimum Gasteiger partial charge on any atom is -0.478 e. The topological polar surface area (TPSA) is 49.3 Å². The number of thiophene rings is 1. The molecule has 4 rings (SSSR count). The molecule has 3 nitrogen and oxygen atoms in total. The highest BCUT2D eigenvalue weighted by Crippen LogP contribution is 2.28. The molecule has 1 aromatic heterocycles. The molecule has 3 aromatic carbocycles. The second kappa shape index (κ2) is 7.82. The zero-order valence-electron chi connectivity index (χ0n) is 15.0. The predicted molar refractivity (Wildman–Crippen MR) is 112 cm³/mol. The lowest BCUT2D eigenvalue weighted by Crippen LogP contribution is -2.04. The van der Waals surface area contributed by atoms with Crippen LogP contribution in [0.3, 0.4) is 0 Å². The number of rotatable bonds is 6. The number of carbonyl (C=O) groups is 1. The number of hydrogen-bond donors (Lipinski definition) is 2. The Morgan fingerprint density at radius 1 is 1.00 bits per heavy atom. The second-order valence-corrected chi connectivity index (χ2v) is 7.49. The van der Waals surface area contributed by atoms with Crippen molar-refractivity contribution in [1.29, 1.82) is 0 Å². The van der Waals surface area contributed by atoms with E-state index >= 15 is 0 Å². The molecule has 1 heterocycles. The molecule has 0 amide bonds. The van der Waals surface area contributed by atoms with Crippen LogP contribution in [-0.2, 0) is 12.8 Å². The lowest BCUT2D eigenvalue weighted by Gasteiger charge is -2.12. The molecule has 2 N–H and O–H groups in total. The molecule has 0 aliphatic rings. The van der Waals surface area contributed by atoms with E-state index in [1.54, 1.807) is 29.5 Å². The van der Waals surface area contributed by atoms with Crippen molar-refractivity contribution in [2.75, 3.05) is 5.32 Å². The van der Waals surface area contributed by atoms with Crippen LogP contribution in [0.4, 0.5) is 15.8 Å². The zero-order valence-corrected chi connectivity index (χ0v) is 15.8. The van der Waals surface area contributed by atoms with Crippen LogP contribution in [0, 0.1) is 5.82 Å². The fourth-order valence-electron chi connectivity index (χ4n) is 3.23. The summed E-state index contributed by atoms with van der Waals surface area (Å²) in [4.78, 5) is 11.6. The van der Waals surface area contributed by atoms with Crippen molar-refractivity contribution >= 4 is 38.8 Å². The summed E-state index contributed by atoms with van der Waals surface area (Å²) in [6.07, 6.45) is 1.69. The van der Waals surface area contributed by atoms with E-state index in [4.69, 9.17) is 0 Å². The summed E-state index contributed by atoms with van der Waals surface area (Å²) >= 11 is 1.74. The summed E-state index contributed by atoms with van der Waals surface area (Å²) in [5.74, 6) is -1.33. The van der Waals surface area contributed by atoms with Gasteiger partial charge in [-0.2, -0.15) is 0 Å². The molecule has 0 fully saturated rings. The van der Waals surface area contributed by atoms with E-state index in [1.165, 1.54) is 27.8 Å². The van der Waals surface area contributed by atoms with Gasteiger partial charge in [-0.05, 0) is 77.2 Å². The number of benzene rings is 3. The van der Waals surface area contributed by atoms with Crippen LogP contribution in [-0.4, -0.2) is 11.1 Å². The van der Waals surface area contributed by atoms with Gasteiger partial charge in [-0.1, -0.05) is 24.3 Å². The minimum absolute atomic E-state index is 0.189. The van der Waals surface area contributed by atoms with Crippen LogP contribution in [0.25, 0.3) is 10.1 Å². The number of hydrogen-bond acceptors (Lipinski definition) is 3. The van der Waals surface area contributed by atoms with Gasteiger partial charge in [0.15, 0.2) is 0 Å². The van der Waals surface area contributed by atoms with Gasteiger partial charge in [0.25, 0.3) is 0 Å². The summed E-state index contributed by atoms with van der Waals surface area (Å²) in [6, 6.07) is 19.5. The van der Waals surface area contributed by atoms with E-state index < -0.39 is 5.97 Å². The Kier molecular flexibility index (Phi) is 5.08. The Morgan fingerprint density at radius 3 is 2.57 bits per heavy atom. The largest absolute Gasteiger partial charge is 0.478 e. The van der Waals surface area contributed by atoms with Crippen LogP contribution in [0.5, 0.6) is 0 Å². The van der Waals surface area contributed by atoms with Crippen molar-refractivity contribution in [2.24, 2.45) is 0 Å². The molecule has 0 saturated heterocycles. The van der Waals surface area contributed by atoms with E-state index in [-0.39, 0.29) is 11.4 Å². The fourth-order valence-corrected chi connectivity index (χ4v) is 4.23. The third-order valence-electron chi connectivity index (χ3n) is 4.68. The Labute approximate surface area is 166 Å². The van der Waals surface area contributed by atoms with Gasteiger partial charge in [0.2, 0.25) is 0 Å². The Hall–Kier alpha value is -3.18. The van der Waals surface area contributed by atoms with E-state index in [0.29, 0.717) is 11.4 Å². The molecule has 0 spiro atoms. The van der Waals surface area contributed by atoms with Gasteiger partial charge >= 0.3 is 5.97 Å². The van der Waals surface area contributed by atoms with Crippen molar-refractivity contribution in [3.8, 4) is 0 Å². The maximum absolute atomic E-state index is 13.1. The third kappa shape index (κ3) is 3.89. The molecule has 0 saturated carbocycles. The molecular formula is C23H18FNO2S. The van der Waals surface area contributed by atoms with Crippen molar-refractivity contribution in [3.63, 3.8) is 0 Å². The van der Waals surface area contributed by atoms with E-state index in [9.17, 15) is 14.3 Å². The van der Waals surface area contributed by atoms with Crippen molar-refractivity contribution in [2.45, 2.75) is 12.8 Å². The third-order valence-corrected chi connectivity index (χ3v) is 5.69. The number of aromatic carboxylic acids is 1. The van der Waals surface area contributed by atoms with Crippen molar-refractivity contribution in [3.05, 3.63) is 94.6 Å². The monoisotopic (exact) mass is 391 g/mol. The quantitative estimate of drug-likeness (QED) is 0.407. The number of anilines is 2. The van der Waals surface area contributed by atoms with Crippen LogP contribution in [0.2, 0.25) is 0 Å². The van der Waals surface area contributed by atoms with Gasteiger partial charge in [-0.25, -0.2) is 9.18 Å². The normalized spacial score (nSPS) is 10.9. The average molecular weight is 391 g/mol. The molecule has 0 radical (unpaired) electrons. The van der Waals surface area contributed by atoms with Crippen LogP contribution >= 0.6 is 11.3 Å². The van der Waals surface area contributed by atoms with E-state index in [0.717, 1.165) is 18.4 Å². The molecule has 0 atom stereocenters. The number of aryl methyl sites for hydroxylation is 2. The molecule has 28 heavy (non-hydrogen) atoms. The molecular weight excluding hydrogens is 373 g/mol. The summed E-state index contributed by atoms with van der Waals surface area (Å²) in [5.41, 5.74) is 3.69. The minimum atomic E-state index is -1.00. The number of fused-ring (bicyclic) bond motifs is 1. The smallest absolute Gasteiger partial charge is 0.337 e. The molecule has 140 valence electrons. The van der Waals surface area contributed by atoms with Gasteiger partial charge < -0.3 is 10.4 Å². The van der Waals surface area contributed by atoms with Gasteiger partial charge in [0.05, 0.1) is 11.3 Å². The maximum Gasteiger partial charge on any atom is 0.337 e. The van der Waals surface area contributed by atoms with Crippen LogP contribution < -0.4 is 5.32 Å². The standard InChI is InChI=1S/C23H18FNO2S/c24-17-8-10-18(11-9-17)25-21-13-15(6-12-20(21)23(26)27)5-7-16-14-28-22-4-2-1-3-19(16)22/h1-4,6,8-14,25H,5,7H2,(H,26,27). The SMILES string of the molecule is O=C(O)c1ccc(CCc2csc3ccccc23)cc1Nc1ccc(F)cc1. The Morgan fingerprint density at radius 2 is 1.79 bits per heavy atom. The van der Waals surface area contributed by atoms with Gasteiger partial charge in [0.1, 0.15) is 5.82 Å². The first kappa shape index (κ1) is 18.2. The van der Waals surface area contributed by atoms with Crippen molar-refractivity contribution in [1.82, 2.24) is 0 Å². The molecule has 0 aliphatic heterocycles. The summed E-state index contributed by atoms with van der Waals surface area (Å²) in [7, 11) is 0. The van der Waals surface area contributed by atoms with Crippen LogP contribution in [0.1, 0.15) is 21.5 Å². The van der Waals surface area contributed by atoms with E-state index in [2.05, 4.69) is 22.8 Å². The summed E-state index contributed by atoms with van der Waals surface area (Å²) in [6.45, 7) is 0.